The summed E-state index contributed by atoms with van der Waals surface area (Å²) in [6.07, 6.45) is 2.76. The number of carbonyl (C=O) groups excluding carboxylic acids is 2. The van der Waals surface area contributed by atoms with Crippen LogP contribution in [0.25, 0.3) is 0 Å². The summed E-state index contributed by atoms with van der Waals surface area (Å²) < 4.78 is 27.7. The summed E-state index contributed by atoms with van der Waals surface area (Å²) in [7, 11) is -3.61. The van der Waals surface area contributed by atoms with Crippen LogP contribution in [0.2, 0.25) is 0 Å². The van der Waals surface area contributed by atoms with Crippen LogP contribution in [-0.4, -0.2) is 81.0 Å². The largest absolute Gasteiger partial charge is 0.353 e. The van der Waals surface area contributed by atoms with Crippen molar-refractivity contribution in [3.8, 4) is 0 Å². The number of anilines is 1. The molecule has 2 heterocycles. The van der Waals surface area contributed by atoms with E-state index in [0.717, 1.165) is 43.8 Å². The number of hydrogen-bond acceptors (Lipinski definition) is 6. The molecule has 0 atom stereocenters. The van der Waals surface area contributed by atoms with Gasteiger partial charge in [-0.05, 0) is 44.1 Å². The van der Waals surface area contributed by atoms with E-state index in [4.69, 9.17) is 0 Å². The number of rotatable bonds is 9. The van der Waals surface area contributed by atoms with Crippen LogP contribution >= 0.6 is 11.8 Å². The monoisotopic (exact) mass is 468 g/mol. The SMILES string of the molecule is CCN(CC)CCNC(=O)CN1C(=O)CSc2ccc(S(=O)(=O)N3CCCCC3)cc21. The van der Waals surface area contributed by atoms with E-state index < -0.39 is 10.0 Å². The minimum absolute atomic E-state index is 0.113. The molecule has 0 aromatic heterocycles. The van der Waals surface area contributed by atoms with Crippen molar-refractivity contribution in [3.63, 3.8) is 0 Å². The molecule has 0 spiro atoms. The Morgan fingerprint density at radius 2 is 1.87 bits per heavy atom. The Labute approximate surface area is 189 Å². The number of fused-ring (bicyclic) bond motifs is 1. The van der Waals surface area contributed by atoms with E-state index in [9.17, 15) is 18.0 Å². The lowest BCUT2D eigenvalue weighted by Crippen LogP contribution is -2.45. The molecule has 1 N–H and O–H groups in total. The molecular formula is C21H32N4O4S2. The molecule has 1 fully saturated rings. The number of carbonyl (C=O) groups is 2. The maximum absolute atomic E-state index is 13.1. The zero-order chi connectivity index (χ0) is 22.4. The molecule has 0 saturated carbocycles. The number of amides is 2. The molecule has 2 amide bonds. The van der Waals surface area contributed by atoms with Crippen molar-refractivity contribution in [2.24, 2.45) is 0 Å². The van der Waals surface area contributed by atoms with E-state index >= 15 is 0 Å². The second kappa shape index (κ2) is 10.8. The van der Waals surface area contributed by atoms with Crippen molar-refractivity contribution in [3.05, 3.63) is 18.2 Å². The number of sulfonamides is 1. The van der Waals surface area contributed by atoms with E-state index in [2.05, 4.69) is 24.1 Å². The standard InChI is InChI=1S/C21H32N4O4S2/c1-3-23(4-2)13-10-22-20(26)15-25-18-14-17(8-9-19(18)30-16-21(25)27)31(28,29)24-11-6-5-7-12-24/h8-9,14H,3-7,10-13,15-16H2,1-2H3,(H,22,26). The van der Waals surface area contributed by atoms with Gasteiger partial charge in [-0.15, -0.1) is 11.8 Å². The van der Waals surface area contributed by atoms with Crippen molar-refractivity contribution in [1.29, 1.82) is 0 Å². The second-order valence-electron chi connectivity index (χ2n) is 7.74. The van der Waals surface area contributed by atoms with Gasteiger partial charge in [-0.2, -0.15) is 4.31 Å². The lowest BCUT2D eigenvalue weighted by molar-refractivity contribution is -0.123. The molecule has 172 valence electrons. The highest BCUT2D eigenvalue weighted by Gasteiger charge is 2.31. The molecule has 1 aromatic rings. The molecule has 8 nitrogen and oxygen atoms in total. The summed E-state index contributed by atoms with van der Waals surface area (Å²) in [4.78, 5) is 29.7. The Balaban J connectivity index is 1.74. The third-order valence-electron chi connectivity index (χ3n) is 5.77. The Bertz CT molecular complexity index is 897. The topological polar surface area (TPSA) is 90.0 Å². The van der Waals surface area contributed by atoms with Crippen LogP contribution < -0.4 is 10.2 Å². The summed E-state index contributed by atoms with van der Waals surface area (Å²) in [6.45, 7) is 8.15. The maximum atomic E-state index is 13.1. The number of likely N-dealkylation sites (N-methyl/N-ethyl adjacent to an activating group) is 1. The van der Waals surface area contributed by atoms with Crippen LogP contribution in [0.1, 0.15) is 33.1 Å². The van der Waals surface area contributed by atoms with E-state index in [-0.39, 0.29) is 29.0 Å². The second-order valence-corrected chi connectivity index (χ2v) is 10.7. The first-order valence-corrected chi connectivity index (χ1v) is 13.4. The number of nitrogens with zero attached hydrogens (tertiary/aromatic N) is 3. The lowest BCUT2D eigenvalue weighted by Gasteiger charge is -2.30. The summed E-state index contributed by atoms with van der Waals surface area (Å²) in [6, 6.07) is 4.90. The van der Waals surface area contributed by atoms with Crippen LogP contribution in [0.4, 0.5) is 5.69 Å². The molecule has 2 aliphatic heterocycles. The number of piperidine rings is 1. The molecular weight excluding hydrogens is 436 g/mol. The first kappa shape index (κ1) is 24.0. The van der Waals surface area contributed by atoms with Crippen molar-refractivity contribution in [2.45, 2.75) is 42.9 Å². The maximum Gasteiger partial charge on any atom is 0.243 e. The van der Waals surface area contributed by atoms with Gasteiger partial charge in [0.25, 0.3) is 0 Å². The summed E-state index contributed by atoms with van der Waals surface area (Å²) in [5, 5.41) is 2.87. The highest BCUT2D eigenvalue weighted by Crippen LogP contribution is 2.37. The fraction of sp³-hybridized carbons (Fsp3) is 0.619. The van der Waals surface area contributed by atoms with Crippen molar-refractivity contribution in [2.75, 3.05) is 56.5 Å². The summed E-state index contributed by atoms with van der Waals surface area (Å²) in [5.41, 5.74) is 0.498. The molecule has 1 aromatic carbocycles. The zero-order valence-electron chi connectivity index (χ0n) is 18.3. The summed E-state index contributed by atoms with van der Waals surface area (Å²) >= 11 is 1.37. The van der Waals surface area contributed by atoms with Gasteiger partial charge in [0.2, 0.25) is 21.8 Å². The van der Waals surface area contributed by atoms with E-state index in [1.807, 2.05) is 0 Å². The number of thioether (sulfide) groups is 1. The molecule has 0 unspecified atom stereocenters. The molecule has 1 saturated heterocycles. The van der Waals surface area contributed by atoms with Gasteiger partial charge in [-0.3, -0.25) is 9.59 Å². The normalized spacial score (nSPS) is 17.6. The quantitative estimate of drug-likeness (QED) is 0.594. The van der Waals surface area contributed by atoms with Crippen LogP contribution in [-0.2, 0) is 19.6 Å². The first-order chi connectivity index (χ1) is 14.9. The molecule has 10 heteroatoms. The van der Waals surface area contributed by atoms with Crippen molar-refractivity contribution >= 4 is 39.3 Å². The number of hydrogen-bond donors (Lipinski definition) is 1. The number of nitrogens with one attached hydrogen (secondary N) is 1. The van der Waals surface area contributed by atoms with E-state index in [1.54, 1.807) is 18.2 Å². The summed E-state index contributed by atoms with van der Waals surface area (Å²) in [5.74, 6) is -0.204. The van der Waals surface area contributed by atoms with Gasteiger partial charge in [0.15, 0.2) is 0 Å². The van der Waals surface area contributed by atoms with Crippen LogP contribution in [0.15, 0.2) is 28.0 Å². The van der Waals surface area contributed by atoms with Gasteiger partial charge in [-0.1, -0.05) is 20.3 Å². The highest BCUT2D eigenvalue weighted by atomic mass is 32.2. The molecule has 31 heavy (non-hydrogen) atoms. The molecule has 0 radical (unpaired) electrons. The van der Waals surface area contributed by atoms with Crippen molar-refractivity contribution in [1.82, 2.24) is 14.5 Å². The van der Waals surface area contributed by atoms with E-state index in [1.165, 1.54) is 21.0 Å². The third kappa shape index (κ3) is 5.79. The zero-order valence-corrected chi connectivity index (χ0v) is 19.9. The Morgan fingerprint density at radius 1 is 1.16 bits per heavy atom. The molecule has 2 aliphatic rings. The van der Waals surface area contributed by atoms with Gasteiger partial charge in [-0.25, -0.2) is 8.42 Å². The van der Waals surface area contributed by atoms with Crippen LogP contribution in [0, 0.1) is 0 Å². The van der Waals surface area contributed by atoms with Crippen molar-refractivity contribution < 1.29 is 18.0 Å². The fourth-order valence-electron chi connectivity index (χ4n) is 3.86. The lowest BCUT2D eigenvalue weighted by atomic mass is 10.2. The first-order valence-electron chi connectivity index (χ1n) is 10.9. The minimum atomic E-state index is -3.61. The fourth-order valence-corrected chi connectivity index (χ4v) is 6.32. The number of benzene rings is 1. The molecule has 0 bridgehead atoms. The van der Waals surface area contributed by atoms with Crippen LogP contribution in [0.3, 0.4) is 0 Å². The van der Waals surface area contributed by atoms with Gasteiger partial charge >= 0.3 is 0 Å². The average molecular weight is 469 g/mol. The van der Waals surface area contributed by atoms with Gasteiger partial charge in [0.1, 0.15) is 6.54 Å². The Kier molecular flexibility index (Phi) is 8.37. The van der Waals surface area contributed by atoms with Gasteiger partial charge in [0, 0.05) is 31.1 Å². The van der Waals surface area contributed by atoms with Gasteiger partial charge in [0.05, 0.1) is 16.3 Å². The third-order valence-corrected chi connectivity index (χ3v) is 8.71. The van der Waals surface area contributed by atoms with E-state index in [0.29, 0.717) is 25.3 Å². The van der Waals surface area contributed by atoms with Gasteiger partial charge < -0.3 is 15.1 Å². The Hall–Kier alpha value is -1.62. The Morgan fingerprint density at radius 3 is 2.55 bits per heavy atom. The predicted octanol–water partition coefficient (Wildman–Crippen LogP) is 1.76. The molecule has 0 aliphatic carbocycles. The average Bonchev–Trinajstić information content (AvgIpc) is 2.79. The highest BCUT2D eigenvalue weighted by molar-refractivity contribution is 8.00. The smallest absolute Gasteiger partial charge is 0.243 e. The molecule has 3 rings (SSSR count). The minimum Gasteiger partial charge on any atom is -0.353 e. The van der Waals surface area contributed by atoms with Crippen LogP contribution in [0.5, 0.6) is 0 Å². The predicted molar refractivity (Wildman–Crippen MR) is 123 cm³/mol.